The van der Waals surface area contributed by atoms with E-state index in [4.69, 9.17) is 27.3 Å². The van der Waals surface area contributed by atoms with Crippen LogP contribution in [0.15, 0.2) is 36.8 Å². The first-order valence-corrected chi connectivity index (χ1v) is 13.9. The van der Waals surface area contributed by atoms with Crippen molar-refractivity contribution in [3.05, 3.63) is 53.1 Å². The van der Waals surface area contributed by atoms with Crippen molar-refractivity contribution in [3.63, 3.8) is 0 Å². The first-order valence-electron chi connectivity index (χ1n) is 13.5. The second-order valence-electron chi connectivity index (χ2n) is 11.1. The number of hydrogen-bond acceptors (Lipinski definition) is 6. The van der Waals surface area contributed by atoms with Crippen molar-refractivity contribution in [2.24, 2.45) is 11.3 Å². The largest absolute Gasteiger partial charge is 0.379 e. The molecule has 40 heavy (non-hydrogen) atoms. The Bertz CT molecular complexity index is 1240. The van der Waals surface area contributed by atoms with Gasteiger partial charge in [0.2, 0.25) is 17.7 Å². The van der Waals surface area contributed by atoms with Gasteiger partial charge < -0.3 is 20.4 Å². The molecule has 1 unspecified atom stereocenters. The van der Waals surface area contributed by atoms with Crippen molar-refractivity contribution in [2.45, 2.75) is 49.9 Å². The Kier molecular flexibility index (Phi) is 8.12. The summed E-state index contributed by atoms with van der Waals surface area (Å²) >= 11 is 6.29. The van der Waals surface area contributed by atoms with E-state index in [0.717, 1.165) is 5.69 Å². The van der Waals surface area contributed by atoms with Crippen molar-refractivity contribution in [2.75, 3.05) is 38.0 Å². The van der Waals surface area contributed by atoms with Crippen LogP contribution in [0.4, 0.5) is 14.5 Å². The lowest BCUT2D eigenvalue weighted by molar-refractivity contribution is -0.135. The Labute approximate surface area is 240 Å². The molecule has 2 N–H and O–H groups in total. The van der Waals surface area contributed by atoms with E-state index in [1.54, 1.807) is 29.3 Å². The van der Waals surface area contributed by atoms with Crippen molar-refractivity contribution < 1.29 is 18.4 Å². The van der Waals surface area contributed by atoms with Gasteiger partial charge in [0.05, 0.1) is 34.5 Å². The third kappa shape index (κ3) is 6.28. The number of nitrogens with one attached hydrogen (secondary N) is 2. The number of piperazine rings is 1. The molecule has 0 bridgehead atoms. The zero-order chi connectivity index (χ0) is 28.5. The molecule has 1 atom stereocenters. The molecule has 2 heterocycles. The molecule has 3 aliphatic rings. The van der Waals surface area contributed by atoms with Crippen LogP contribution >= 0.6 is 11.6 Å². The van der Waals surface area contributed by atoms with Gasteiger partial charge in [0.15, 0.2) is 0 Å². The Morgan fingerprint density at radius 2 is 1.82 bits per heavy atom. The average molecular weight is 567 g/mol. The van der Waals surface area contributed by atoms with Gasteiger partial charge in [-0.1, -0.05) is 11.6 Å². The first kappa shape index (κ1) is 28.8. The molecule has 2 aliphatic carbocycles. The summed E-state index contributed by atoms with van der Waals surface area (Å²) in [5.41, 5.74) is 1.81. The fourth-order valence-electron chi connectivity index (χ4n) is 5.89. The summed E-state index contributed by atoms with van der Waals surface area (Å²) in [7, 11) is 13.3. The number of amides is 2. The van der Waals surface area contributed by atoms with Crippen LogP contribution in [0.2, 0.25) is 5.02 Å². The van der Waals surface area contributed by atoms with Gasteiger partial charge in [-0.15, -0.1) is 0 Å². The van der Waals surface area contributed by atoms with Crippen LogP contribution in [-0.2, 0) is 21.5 Å². The van der Waals surface area contributed by atoms with Gasteiger partial charge >= 0.3 is 0 Å². The highest BCUT2D eigenvalue weighted by Crippen LogP contribution is 2.63. The van der Waals surface area contributed by atoms with Crippen LogP contribution < -0.4 is 10.6 Å². The Balaban J connectivity index is 1.13. The van der Waals surface area contributed by atoms with Crippen molar-refractivity contribution in [1.82, 2.24) is 25.1 Å². The minimum Gasteiger partial charge on any atom is -0.379 e. The SMILES string of the molecule is [B]C([B])(c1cc(Cl)ccc1NCc1ccncn1)N1CCN(C(=O)CNC(=O)C2CC23CCC(F)(F)CC3)CC1. The highest BCUT2D eigenvalue weighted by Gasteiger charge is 2.60. The lowest BCUT2D eigenvalue weighted by atomic mass is 9.56. The number of rotatable bonds is 8. The van der Waals surface area contributed by atoms with Crippen LogP contribution in [0.1, 0.15) is 43.4 Å². The smallest absolute Gasteiger partial charge is 0.248 e. The molecule has 1 aromatic carbocycles. The number of carbonyl (C=O) groups excluding carboxylic acids is 2. The molecule has 5 rings (SSSR count). The maximum atomic E-state index is 13.5. The number of carbonyl (C=O) groups is 2. The molecule has 3 fully saturated rings. The third-order valence-electron chi connectivity index (χ3n) is 8.57. The van der Waals surface area contributed by atoms with Crippen molar-refractivity contribution in [1.29, 1.82) is 0 Å². The molecular formula is C27H31B2ClF2N6O2. The van der Waals surface area contributed by atoms with Crippen LogP contribution in [0.3, 0.4) is 0 Å². The molecule has 13 heteroatoms. The van der Waals surface area contributed by atoms with Crippen LogP contribution in [-0.4, -0.2) is 85.9 Å². The van der Waals surface area contributed by atoms with Crippen LogP contribution in [0.25, 0.3) is 0 Å². The fourth-order valence-corrected chi connectivity index (χ4v) is 6.06. The Morgan fingerprint density at radius 1 is 1.10 bits per heavy atom. The van der Waals surface area contributed by atoms with Crippen molar-refractivity contribution >= 4 is 44.8 Å². The van der Waals surface area contributed by atoms with E-state index in [1.807, 2.05) is 11.0 Å². The number of benzene rings is 1. The minimum atomic E-state index is -2.62. The van der Waals surface area contributed by atoms with E-state index in [-0.39, 0.29) is 42.5 Å². The minimum absolute atomic E-state index is 0.122. The summed E-state index contributed by atoms with van der Waals surface area (Å²) in [6.07, 6.45) is 4.15. The van der Waals surface area contributed by atoms with E-state index < -0.39 is 11.3 Å². The maximum absolute atomic E-state index is 13.5. The van der Waals surface area contributed by atoms with E-state index >= 15 is 0 Å². The quantitative estimate of drug-likeness (QED) is 0.478. The van der Waals surface area contributed by atoms with Gasteiger partial charge in [-0.05, 0) is 59.8 Å². The third-order valence-corrected chi connectivity index (χ3v) is 8.80. The molecular weight excluding hydrogens is 535 g/mol. The predicted molar refractivity (Wildman–Crippen MR) is 149 cm³/mol. The molecule has 208 valence electrons. The summed E-state index contributed by atoms with van der Waals surface area (Å²) in [6.45, 7) is 1.93. The number of anilines is 1. The zero-order valence-corrected chi connectivity index (χ0v) is 23.0. The van der Waals surface area contributed by atoms with E-state index in [9.17, 15) is 18.4 Å². The second-order valence-corrected chi connectivity index (χ2v) is 11.6. The van der Waals surface area contributed by atoms with Crippen LogP contribution in [0, 0.1) is 11.3 Å². The van der Waals surface area contributed by atoms with Gasteiger partial charge in [-0.2, -0.15) is 0 Å². The maximum Gasteiger partial charge on any atom is 0.248 e. The molecule has 2 amide bonds. The highest BCUT2D eigenvalue weighted by atomic mass is 35.5. The molecule has 1 spiro atoms. The lowest BCUT2D eigenvalue weighted by Crippen LogP contribution is -2.58. The summed E-state index contributed by atoms with van der Waals surface area (Å²) in [5, 5.41) is 5.18. The number of alkyl halides is 2. The van der Waals surface area contributed by atoms with Gasteiger partial charge in [0.1, 0.15) is 6.33 Å². The molecule has 1 aliphatic heterocycles. The van der Waals surface area contributed by atoms with Crippen molar-refractivity contribution in [3.8, 4) is 0 Å². The van der Waals surface area contributed by atoms with Crippen LogP contribution in [0.5, 0.6) is 0 Å². The van der Waals surface area contributed by atoms with Gasteiger partial charge in [0, 0.05) is 61.8 Å². The zero-order valence-electron chi connectivity index (χ0n) is 22.2. The van der Waals surface area contributed by atoms with Gasteiger partial charge in [0.25, 0.3) is 0 Å². The van der Waals surface area contributed by atoms with E-state index in [0.29, 0.717) is 68.3 Å². The Morgan fingerprint density at radius 3 is 2.50 bits per heavy atom. The second kappa shape index (κ2) is 11.3. The number of halogens is 3. The highest BCUT2D eigenvalue weighted by molar-refractivity contribution is 6.40. The summed E-state index contributed by atoms with van der Waals surface area (Å²) in [4.78, 5) is 37.2. The molecule has 1 saturated heterocycles. The van der Waals surface area contributed by atoms with Gasteiger partial charge in [-0.25, -0.2) is 18.7 Å². The average Bonchev–Trinajstić information content (AvgIpc) is 3.67. The lowest BCUT2D eigenvalue weighted by Gasteiger charge is -2.46. The molecule has 1 aromatic heterocycles. The molecule has 4 radical (unpaired) electrons. The first-order chi connectivity index (χ1) is 19.0. The Hall–Kier alpha value is -2.72. The number of aromatic nitrogens is 2. The predicted octanol–water partition coefficient (Wildman–Crippen LogP) is 2.67. The number of hydrogen-bond donors (Lipinski definition) is 2. The monoisotopic (exact) mass is 566 g/mol. The molecule has 2 aromatic rings. The fraction of sp³-hybridized carbons (Fsp3) is 0.556. The van der Waals surface area contributed by atoms with E-state index in [1.165, 1.54) is 6.33 Å². The standard InChI is InChI=1S/C27H31B2ClF2N6O2/c28-27(29,20-13-18(30)1-2-22(20)34-15-19-3-8-33-17-36-19)38-11-9-37(10-12-38)23(39)16-35-24(40)21-14-25(21)4-6-26(31,32)7-5-25/h1-3,8,13,17,21,34H,4-7,9-12,14-16H2,(H,35,40). The summed E-state index contributed by atoms with van der Waals surface area (Å²) in [6, 6.07) is 7.11. The normalized spacial score (nSPS) is 22.1. The molecule has 2 saturated carbocycles. The summed E-state index contributed by atoms with van der Waals surface area (Å²) < 4.78 is 27.0. The number of nitrogens with zero attached hydrogens (tertiary/aromatic N) is 4. The van der Waals surface area contributed by atoms with E-state index in [2.05, 4.69) is 20.6 Å². The van der Waals surface area contributed by atoms with Gasteiger partial charge in [-0.3, -0.25) is 9.59 Å². The molecule has 8 nitrogen and oxygen atoms in total. The topological polar surface area (TPSA) is 90.5 Å². The summed E-state index contributed by atoms with van der Waals surface area (Å²) in [5.74, 6) is -3.33.